The van der Waals surface area contributed by atoms with Crippen LogP contribution in [0.2, 0.25) is 0 Å². The second-order valence-corrected chi connectivity index (χ2v) is 5.27. The van der Waals surface area contributed by atoms with Crippen molar-refractivity contribution in [2.45, 2.75) is 25.7 Å². The lowest BCUT2D eigenvalue weighted by Gasteiger charge is -2.19. The van der Waals surface area contributed by atoms with Crippen LogP contribution in [0.15, 0.2) is 12.1 Å². The number of carboxylic acids is 1. The maximum atomic E-state index is 11.3. The lowest BCUT2D eigenvalue weighted by Crippen LogP contribution is -2.21. The van der Waals surface area contributed by atoms with E-state index in [2.05, 4.69) is 9.88 Å². The molecule has 3 rings (SSSR count). The lowest BCUT2D eigenvalue weighted by molar-refractivity contribution is 0.0690. The normalized spacial score (nSPS) is 18.6. The van der Waals surface area contributed by atoms with Gasteiger partial charge in [-0.2, -0.15) is 0 Å². The van der Waals surface area contributed by atoms with Crippen molar-refractivity contribution in [1.82, 2.24) is 4.98 Å². The van der Waals surface area contributed by atoms with Crippen LogP contribution in [-0.4, -0.2) is 35.8 Å². The number of hydrogen-bond donors (Lipinski definition) is 1. The van der Waals surface area contributed by atoms with Crippen LogP contribution in [0.25, 0.3) is 0 Å². The summed E-state index contributed by atoms with van der Waals surface area (Å²) in [5.74, 6) is 0.0688. The molecule has 1 saturated carbocycles. The predicted molar refractivity (Wildman–Crippen MR) is 70.9 cm³/mol. The highest BCUT2D eigenvalue weighted by Gasteiger charge is 2.24. The number of anilines is 1. The quantitative estimate of drug-likeness (QED) is 0.881. The van der Waals surface area contributed by atoms with Crippen molar-refractivity contribution in [3.05, 3.63) is 17.8 Å². The Bertz CT molecular complexity index is 480. The van der Waals surface area contributed by atoms with E-state index < -0.39 is 5.97 Å². The van der Waals surface area contributed by atoms with Crippen LogP contribution in [0.4, 0.5) is 5.69 Å². The largest absolute Gasteiger partial charge is 0.477 e. The van der Waals surface area contributed by atoms with Crippen LogP contribution < -0.4 is 9.64 Å². The van der Waals surface area contributed by atoms with E-state index in [1.54, 1.807) is 6.07 Å². The standard InChI is InChI=1S/C14H18N2O3/c17-14(18)13-11(16-7-1-2-8-16)5-6-12(15-13)19-9-10-3-4-10/h5-6,10H,1-4,7-9H2,(H,17,18). The maximum Gasteiger partial charge on any atom is 0.356 e. The molecular formula is C14H18N2O3. The molecule has 0 spiro atoms. The number of ether oxygens (including phenoxy) is 1. The van der Waals surface area contributed by atoms with Gasteiger partial charge in [0.25, 0.3) is 0 Å². The van der Waals surface area contributed by atoms with Gasteiger partial charge in [0.1, 0.15) is 0 Å². The molecule has 0 atom stereocenters. The highest BCUT2D eigenvalue weighted by Crippen LogP contribution is 2.30. The molecule has 2 aliphatic rings. The molecule has 1 aliphatic heterocycles. The lowest BCUT2D eigenvalue weighted by atomic mass is 10.2. The summed E-state index contributed by atoms with van der Waals surface area (Å²) in [6, 6.07) is 3.60. The molecule has 1 aromatic heterocycles. The van der Waals surface area contributed by atoms with Gasteiger partial charge in [-0.05, 0) is 37.7 Å². The fourth-order valence-electron chi connectivity index (χ4n) is 2.37. The minimum absolute atomic E-state index is 0.107. The minimum atomic E-state index is -0.987. The molecule has 0 bridgehead atoms. The monoisotopic (exact) mass is 262 g/mol. The summed E-state index contributed by atoms with van der Waals surface area (Å²) in [7, 11) is 0. The van der Waals surface area contributed by atoms with E-state index in [4.69, 9.17) is 4.74 Å². The van der Waals surface area contributed by atoms with Crippen LogP contribution in [0.1, 0.15) is 36.2 Å². The van der Waals surface area contributed by atoms with Gasteiger partial charge in [0.15, 0.2) is 5.69 Å². The number of carboxylic acid groups (broad SMARTS) is 1. The zero-order valence-electron chi connectivity index (χ0n) is 10.8. The Morgan fingerprint density at radius 1 is 1.37 bits per heavy atom. The summed E-state index contributed by atoms with van der Waals surface area (Å²) >= 11 is 0. The molecule has 2 fully saturated rings. The number of hydrogen-bond acceptors (Lipinski definition) is 4. The zero-order valence-corrected chi connectivity index (χ0v) is 10.8. The molecule has 0 aromatic carbocycles. The van der Waals surface area contributed by atoms with Crippen molar-refractivity contribution in [3.63, 3.8) is 0 Å². The third-order valence-corrected chi connectivity index (χ3v) is 3.66. The Kier molecular flexibility index (Phi) is 3.27. The Morgan fingerprint density at radius 2 is 2.11 bits per heavy atom. The number of aromatic carboxylic acids is 1. The second kappa shape index (κ2) is 5.07. The summed E-state index contributed by atoms with van der Waals surface area (Å²) in [6.45, 7) is 2.46. The van der Waals surface area contributed by atoms with Crippen molar-refractivity contribution in [2.75, 3.05) is 24.6 Å². The van der Waals surface area contributed by atoms with E-state index in [-0.39, 0.29) is 5.69 Å². The van der Waals surface area contributed by atoms with Gasteiger partial charge in [0, 0.05) is 19.2 Å². The Morgan fingerprint density at radius 3 is 2.74 bits per heavy atom. The number of pyridine rings is 1. The molecular weight excluding hydrogens is 244 g/mol. The van der Waals surface area contributed by atoms with Gasteiger partial charge in [0.05, 0.1) is 12.3 Å². The number of aromatic nitrogens is 1. The van der Waals surface area contributed by atoms with Crippen LogP contribution in [0.5, 0.6) is 5.88 Å². The smallest absolute Gasteiger partial charge is 0.356 e. The third kappa shape index (κ3) is 2.80. The molecule has 5 nitrogen and oxygen atoms in total. The highest BCUT2D eigenvalue weighted by molar-refractivity contribution is 5.92. The van der Waals surface area contributed by atoms with Crippen molar-refractivity contribution in [3.8, 4) is 5.88 Å². The van der Waals surface area contributed by atoms with E-state index in [0.29, 0.717) is 24.1 Å². The van der Waals surface area contributed by atoms with E-state index in [9.17, 15) is 9.90 Å². The van der Waals surface area contributed by atoms with Crippen molar-refractivity contribution in [2.24, 2.45) is 5.92 Å². The van der Waals surface area contributed by atoms with Crippen LogP contribution in [0, 0.1) is 5.92 Å². The molecule has 1 aliphatic carbocycles. The highest BCUT2D eigenvalue weighted by atomic mass is 16.5. The van der Waals surface area contributed by atoms with Crippen LogP contribution >= 0.6 is 0 Å². The first-order valence-corrected chi connectivity index (χ1v) is 6.86. The van der Waals surface area contributed by atoms with Crippen LogP contribution in [-0.2, 0) is 0 Å². The van der Waals surface area contributed by atoms with Crippen molar-refractivity contribution >= 4 is 11.7 Å². The number of nitrogens with zero attached hydrogens (tertiary/aromatic N) is 2. The molecule has 5 heteroatoms. The average molecular weight is 262 g/mol. The predicted octanol–water partition coefficient (Wildman–Crippen LogP) is 2.17. The molecule has 1 aromatic rings. The van der Waals surface area contributed by atoms with Gasteiger partial charge >= 0.3 is 5.97 Å². The number of rotatable bonds is 5. The molecule has 102 valence electrons. The Labute approximate surface area is 112 Å². The average Bonchev–Trinajstić information content (AvgIpc) is 3.08. The summed E-state index contributed by atoms with van der Waals surface area (Å²) in [6.07, 6.45) is 4.63. The van der Waals surface area contributed by atoms with E-state index >= 15 is 0 Å². The zero-order chi connectivity index (χ0) is 13.2. The summed E-state index contributed by atoms with van der Waals surface area (Å²) in [5, 5.41) is 9.30. The molecule has 0 radical (unpaired) electrons. The van der Waals surface area contributed by atoms with Gasteiger partial charge in [-0.25, -0.2) is 9.78 Å². The van der Waals surface area contributed by atoms with Gasteiger partial charge in [0.2, 0.25) is 5.88 Å². The topological polar surface area (TPSA) is 62.7 Å². The molecule has 1 N–H and O–H groups in total. The fourth-order valence-corrected chi connectivity index (χ4v) is 2.37. The molecule has 2 heterocycles. The molecule has 19 heavy (non-hydrogen) atoms. The van der Waals surface area contributed by atoms with Crippen molar-refractivity contribution < 1.29 is 14.6 Å². The Balaban J connectivity index is 1.80. The third-order valence-electron chi connectivity index (χ3n) is 3.66. The molecule has 0 unspecified atom stereocenters. The maximum absolute atomic E-state index is 11.3. The van der Waals surface area contributed by atoms with Gasteiger partial charge in [-0.1, -0.05) is 0 Å². The molecule has 0 amide bonds. The van der Waals surface area contributed by atoms with Gasteiger partial charge < -0.3 is 14.7 Å². The first-order chi connectivity index (χ1) is 9.24. The minimum Gasteiger partial charge on any atom is -0.477 e. The Hall–Kier alpha value is -1.78. The first-order valence-electron chi connectivity index (χ1n) is 6.86. The van der Waals surface area contributed by atoms with E-state index in [1.807, 2.05) is 6.07 Å². The summed E-state index contributed by atoms with van der Waals surface area (Å²) < 4.78 is 5.55. The summed E-state index contributed by atoms with van der Waals surface area (Å²) in [5.41, 5.74) is 0.818. The van der Waals surface area contributed by atoms with Crippen LogP contribution in [0.3, 0.4) is 0 Å². The van der Waals surface area contributed by atoms with Gasteiger partial charge in [-0.15, -0.1) is 0 Å². The molecule has 1 saturated heterocycles. The number of carbonyl (C=O) groups is 1. The first kappa shape index (κ1) is 12.3. The fraction of sp³-hybridized carbons (Fsp3) is 0.571. The summed E-state index contributed by atoms with van der Waals surface area (Å²) in [4.78, 5) is 17.6. The van der Waals surface area contributed by atoms with Gasteiger partial charge in [-0.3, -0.25) is 0 Å². The second-order valence-electron chi connectivity index (χ2n) is 5.27. The van der Waals surface area contributed by atoms with Crippen molar-refractivity contribution in [1.29, 1.82) is 0 Å². The SMILES string of the molecule is O=C(O)c1nc(OCC2CC2)ccc1N1CCCC1. The van der Waals surface area contributed by atoms with E-state index in [0.717, 1.165) is 25.9 Å². The van der Waals surface area contributed by atoms with E-state index in [1.165, 1.54) is 12.8 Å².